The summed E-state index contributed by atoms with van der Waals surface area (Å²) in [4.78, 5) is 24.5. The molecule has 0 aromatic heterocycles. The van der Waals surface area contributed by atoms with E-state index in [0.29, 0.717) is 41.9 Å². The summed E-state index contributed by atoms with van der Waals surface area (Å²) in [5.74, 6) is 1.11. The first-order valence-electron chi connectivity index (χ1n) is 9.87. The Morgan fingerprint density at radius 3 is 2.63 bits per heavy atom. The molecule has 160 valence electrons. The Labute approximate surface area is 175 Å². The Bertz CT molecular complexity index is 897. The van der Waals surface area contributed by atoms with Crippen LogP contribution in [0.2, 0.25) is 0 Å². The lowest BCUT2D eigenvalue weighted by Crippen LogP contribution is -2.21. The molecule has 2 aromatic carbocycles. The van der Waals surface area contributed by atoms with Crippen molar-refractivity contribution in [2.75, 3.05) is 31.9 Å². The molecule has 8 heteroatoms. The average molecular weight is 415 g/mol. The van der Waals surface area contributed by atoms with Gasteiger partial charge in [-0.15, -0.1) is 0 Å². The molecule has 0 unspecified atom stereocenters. The van der Waals surface area contributed by atoms with Crippen LogP contribution < -0.4 is 24.3 Å². The molecule has 1 amide bonds. The minimum absolute atomic E-state index is 0.149. The van der Waals surface area contributed by atoms with Crippen molar-refractivity contribution in [3.8, 4) is 23.0 Å². The number of hydrogen-bond donors (Lipinski definition) is 1. The second kappa shape index (κ2) is 10.4. The molecule has 0 saturated carbocycles. The van der Waals surface area contributed by atoms with Crippen molar-refractivity contribution in [1.29, 1.82) is 0 Å². The van der Waals surface area contributed by atoms with Gasteiger partial charge in [0.1, 0.15) is 0 Å². The summed E-state index contributed by atoms with van der Waals surface area (Å²) in [5.41, 5.74) is 0.796. The molecule has 3 rings (SSSR count). The number of fused-ring (bicyclic) bond motifs is 1. The van der Waals surface area contributed by atoms with Gasteiger partial charge in [-0.1, -0.05) is 13.3 Å². The minimum Gasteiger partial charge on any atom is -0.490 e. The minimum atomic E-state index is -0.628. The van der Waals surface area contributed by atoms with Gasteiger partial charge in [-0.2, -0.15) is 0 Å². The molecule has 2 aromatic rings. The first-order valence-corrected chi connectivity index (χ1v) is 9.87. The molecule has 0 atom stereocenters. The lowest BCUT2D eigenvalue weighted by molar-refractivity contribution is -0.119. The van der Waals surface area contributed by atoms with Crippen molar-refractivity contribution in [3.05, 3.63) is 42.0 Å². The Morgan fingerprint density at radius 1 is 1.00 bits per heavy atom. The highest BCUT2D eigenvalue weighted by Crippen LogP contribution is 2.34. The van der Waals surface area contributed by atoms with Crippen LogP contribution in [0.3, 0.4) is 0 Å². The number of rotatable bonds is 10. The van der Waals surface area contributed by atoms with Crippen LogP contribution in [0.5, 0.6) is 23.0 Å². The van der Waals surface area contributed by atoms with E-state index in [1.807, 2.05) is 6.92 Å². The summed E-state index contributed by atoms with van der Waals surface area (Å²) >= 11 is 0. The first kappa shape index (κ1) is 21.3. The van der Waals surface area contributed by atoms with E-state index < -0.39 is 18.5 Å². The fraction of sp³-hybridized carbons (Fsp3) is 0.364. The van der Waals surface area contributed by atoms with E-state index in [1.54, 1.807) is 36.4 Å². The number of benzene rings is 2. The van der Waals surface area contributed by atoms with Gasteiger partial charge >= 0.3 is 5.97 Å². The van der Waals surface area contributed by atoms with Gasteiger partial charge in [0.15, 0.2) is 29.6 Å². The number of carbonyl (C=O) groups excluding carboxylic acids is 2. The lowest BCUT2D eigenvalue weighted by atomic mass is 10.2. The van der Waals surface area contributed by atoms with Crippen LogP contribution >= 0.6 is 0 Å². The number of amides is 1. The quantitative estimate of drug-likeness (QED) is 0.466. The highest BCUT2D eigenvalue weighted by atomic mass is 16.7. The number of anilines is 1. The van der Waals surface area contributed by atoms with Crippen molar-refractivity contribution in [3.63, 3.8) is 0 Å². The zero-order valence-corrected chi connectivity index (χ0v) is 17.1. The van der Waals surface area contributed by atoms with Crippen LogP contribution in [-0.4, -0.2) is 38.5 Å². The molecule has 30 heavy (non-hydrogen) atoms. The maximum atomic E-state index is 12.3. The fourth-order valence-electron chi connectivity index (χ4n) is 2.73. The highest BCUT2D eigenvalue weighted by Gasteiger charge is 2.16. The largest absolute Gasteiger partial charge is 0.490 e. The molecule has 1 aliphatic heterocycles. The summed E-state index contributed by atoms with van der Waals surface area (Å²) in [5, 5.41) is 2.65. The van der Waals surface area contributed by atoms with Crippen LogP contribution in [0.4, 0.5) is 5.69 Å². The third kappa shape index (κ3) is 5.56. The van der Waals surface area contributed by atoms with Crippen LogP contribution in [0.25, 0.3) is 0 Å². The number of esters is 1. The predicted octanol–water partition coefficient (Wildman–Crippen LogP) is 3.79. The monoisotopic (exact) mass is 415 g/mol. The molecule has 1 N–H and O–H groups in total. The predicted molar refractivity (Wildman–Crippen MR) is 109 cm³/mol. The molecule has 0 fully saturated rings. The maximum Gasteiger partial charge on any atom is 0.338 e. The molecule has 1 heterocycles. The van der Waals surface area contributed by atoms with Gasteiger partial charge < -0.3 is 29.0 Å². The summed E-state index contributed by atoms with van der Waals surface area (Å²) in [6.07, 6.45) is 1.94. The van der Waals surface area contributed by atoms with Gasteiger partial charge in [-0.05, 0) is 43.7 Å². The van der Waals surface area contributed by atoms with Gasteiger partial charge in [0.25, 0.3) is 5.91 Å². The normalized spacial score (nSPS) is 11.7. The topological polar surface area (TPSA) is 92.3 Å². The molecular formula is C22H25NO7. The van der Waals surface area contributed by atoms with Crippen LogP contribution in [0, 0.1) is 0 Å². The first-order chi connectivity index (χ1) is 14.6. The maximum absolute atomic E-state index is 12.3. The Hall–Kier alpha value is -3.42. The summed E-state index contributed by atoms with van der Waals surface area (Å²) in [6, 6.07) is 9.84. The average Bonchev–Trinajstić information content (AvgIpc) is 3.21. The highest BCUT2D eigenvalue weighted by molar-refractivity contribution is 5.96. The van der Waals surface area contributed by atoms with Crippen LogP contribution in [-0.2, 0) is 9.53 Å². The smallest absolute Gasteiger partial charge is 0.338 e. The van der Waals surface area contributed by atoms with E-state index in [2.05, 4.69) is 12.2 Å². The molecule has 0 bridgehead atoms. The molecule has 0 spiro atoms. The second-order valence-corrected chi connectivity index (χ2v) is 6.49. The number of unbranched alkanes of at least 4 members (excludes halogenated alkanes) is 1. The van der Waals surface area contributed by atoms with E-state index >= 15 is 0 Å². The number of ether oxygens (including phenoxy) is 5. The van der Waals surface area contributed by atoms with Crippen molar-refractivity contribution >= 4 is 17.6 Å². The third-order valence-electron chi connectivity index (χ3n) is 4.23. The summed E-state index contributed by atoms with van der Waals surface area (Å²) in [6.45, 7) is 4.65. The Kier molecular flexibility index (Phi) is 7.37. The molecular weight excluding hydrogens is 390 g/mol. The van der Waals surface area contributed by atoms with Gasteiger partial charge in [-0.25, -0.2) is 4.79 Å². The van der Waals surface area contributed by atoms with E-state index in [9.17, 15) is 9.59 Å². The lowest BCUT2D eigenvalue weighted by Gasteiger charge is -2.13. The molecule has 0 saturated heterocycles. The van der Waals surface area contributed by atoms with Gasteiger partial charge in [0, 0.05) is 11.8 Å². The van der Waals surface area contributed by atoms with Crippen molar-refractivity contribution in [2.24, 2.45) is 0 Å². The molecule has 0 radical (unpaired) electrons. The zero-order valence-electron chi connectivity index (χ0n) is 17.1. The van der Waals surface area contributed by atoms with Gasteiger partial charge in [0.2, 0.25) is 6.79 Å². The van der Waals surface area contributed by atoms with Gasteiger partial charge in [0.05, 0.1) is 18.8 Å². The van der Waals surface area contributed by atoms with E-state index in [-0.39, 0.29) is 12.4 Å². The number of nitrogens with one attached hydrogen (secondary N) is 1. The standard InChI is InChI=1S/C22H25NO7/c1-3-5-10-27-17-8-6-15(11-19(17)26-4-2)22(25)28-13-21(24)23-16-7-9-18-20(12-16)30-14-29-18/h6-9,11-12H,3-5,10,13-14H2,1-2H3,(H,23,24). The third-order valence-corrected chi connectivity index (χ3v) is 4.23. The van der Waals surface area contributed by atoms with Gasteiger partial charge in [-0.3, -0.25) is 4.79 Å². The number of carbonyl (C=O) groups is 2. The van der Waals surface area contributed by atoms with Crippen molar-refractivity contribution in [2.45, 2.75) is 26.7 Å². The summed E-state index contributed by atoms with van der Waals surface area (Å²) < 4.78 is 26.9. The second-order valence-electron chi connectivity index (χ2n) is 6.49. The van der Waals surface area contributed by atoms with E-state index in [4.69, 9.17) is 23.7 Å². The molecule has 8 nitrogen and oxygen atoms in total. The SMILES string of the molecule is CCCCOc1ccc(C(=O)OCC(=O)Nc2ccc3c(c2)OCO3)cc1OCC. The van der Waals surface area contributed by atoms with E-state index in [1.165, 1.54) is 0 Å². The Balaban J connectivity index is 1.55. The van der Waals surface area contributed by atoms with Crippen LogP contribution in [0.15, 0.2) is 36.4 Å². The van der Waals surface area contributed by atoms with E-state index in [0.717, 1.165) is 12.8 Å². The Morgan fingerprint density at radius 2 is 1.83 bits per heavy atom. The van der Waals surface area contributed by atoms with Crippen LogP contribution in [0.1, 0.15) is 37.0 Å². The van der Waals surface area contributed by atoms with Crippen molar-refractivity contribution < 1.29 is 33.3 Å². The molecule has 0 aliphatic carbocycles. The fourth-order valence-corrected chi connectivity index (χ4v) is 2.73. The van der Waals surface area contributed by atoms with Crippen molar-refractivity contribution in [1.82, 2.24) is 0 Å². The zero-order chi connectivity index (χ0) is 21.3. The summed E-state index contributed by atoms with van der Waals surface area (Å²) in [7, 11) is 0. The molecule has 1 aliphatic rings. The number of hydrogen-bond acceptors (Lipinski definition) is 7.